The number of aliphatic carboxylic acids is 1. The van der Waals surface area contributed by atoms with Crippen LogP contribution >= 0.6 is 0 Å². The zero-order chi connectivity index (χ0) is 32.3. The standard InChI is InChI=1S/C34H53N3O7/c1-19(2)22-12-11-20(3)28(16-22)35-33(40)31-30(21(4)39)29(18-38)44-37(31)17-23-9-8-10-27(32(23)43-7)24-13-25(34(41)42)15-26(14-24)36(5)6/h8-9,13,15,19-22,24,27-31,38-39H,10-12,14,16-18H2,1-7H3,(H,35,40)(H,41,42)/t20-,21-,22-,24?,27?,28-,29-,30+,31-/m0/s1. The first kappa shape index (κ1) is 34.2. The van der Waals surface area contributed by atoms with Crippen LogP contribution in [0.2, 0.25) is 0 Å². The third kappa shape index (κ3) is 7.41. The van der Waals surface area contributed by atoms with Gasteiger partial charge >= 0.3 is 5.97 Å². The van der Waals surface area contributed by atoms with Crippen molar-refractivity contribution >= 4 is 11.9 Å². The van der Waals surface area contributed by atoms with E-state index in [0.29, 0.717) is 30.6 Å². The Morgan fingerprint density at radius 1 is 1.23 bits per heavy atom. The Morgan fingerprint density at radius 3 is 2.55 bits per heavy atom. The Bertz CT molecular complexity index is 1170. The van der Waals surface area contributed by atoms with E-state index in [1.54, 1.807) is 25.2 Å². The number of hydrogen-bond donors (Lipinski definition) is 4. The number of aliphatic hydroxyl groups excluding tert-OH is 2. The van der Waals surface area contributed by atoms with Crippen molar-refractivity contribution < 1.29 is 34.5 Å². The maximum atomic E-state index is 14.1. The van der Waals surface area contributed by atoms with Gasteiger partial charge in [0.1, 0.15) is 17.9 Å². The fraction of sp³-hybridized carbons (Fsp3) is 0.706. The number of ether oxygens (including phenoxy) is 1. The summed E-state index contributed by atoms with van der Waals surface area (Å²) in [7, 11) is 5.45. The molecule has 0 radical (unpaired) electrons. The molecule has 0 bridgehead atoms. The lowest BCUT2D eigenvalue weighted by Crippen LogP contribution is -2.54. The van der Waals surface area contributed by atoms with Gasteiger partial charge in [-0.3, -0.25) is 9.63 Å². The van der Waals surface area contributed by atoms with Gasteiger partial charge in [0.05, 0.1) is 31.9 Å². The van der Waals surface area contributed by atoms with Crippen molar-refractivity contribution in [1.29, 1.82) is 0 Å². The predicted molar refractivity (Wildman–Crippen MR) is 168 cm³/mol. The number of amides is 1. The number of nitrogens with one attached hydrogen (secondary N) is 1. The smallest absolute Gasteiger partial charge is 0.335 e. The summed E-state index contributed by atoms with van der Waals surface area (Å²) in [5.74, 6) is 0.151. The number of hydrogen-bond acceptors (Lipinski definition) is 8. The summed E-state index contributed by atoms with van der Waals surface area (Å²) >= 11 is 0. The number of carboxylic acid groups (broad SMARTS) is 1. The van der Waals surface area contributed by atoms with Gasteiger partial charge in [0.15, 0.2) is 0 Å². The van der Waals surface area contributed by atoms with Crippen LogP contribution < -0.4 is 5.32 Å². The van der Waals surface area contributed by atoms with Crippen molar-refractivity contribution in [3.8, 4) is 0 Å². The molecule has 246 valence electrons. The number of aliphatic hydroxyl groups is 2. The van der Waals surface area contributed by atoms with Crippen molar-refractivity contribution in [1.82, 2.24) is 15.3 Å². The first-order valence-electron chi connectivity index (χ1n) is 16.1. The summed E-state index contributed by atoms with van der Waals surface area (Å²) in [6.07, 6.45) is 10.4. The molecule has 1 heterocycles. The molecule has 1 amide bonds. The second-order valence-electron chi connectivity index (χ2n) is 13.7. The van der Waals surface area contributed by atoms with Crippen molar-refractivity contribution in [2.45, 2.75) is 84.1 Å². The summed E-state index contributed by atoms with van der Waals surface area (Å²) in [6, 6.07) is -0.781. The largest absolute Gasteiger partial charge is 0.500 e. The summed E-state index contributed by atoms with van der Waals surface area (Å²) in [5, 5.41) is 35.7. The van der Waals surface area contributed by atoms with E-state index >= 15 is 0 Å². The third-order valence-electron chi connectivity index (χ3n) is 10.3. The third-order valence-corrected chi connectivity index (χ3v) is 10.3. The van der Waals surface area contributed by atoms with Gasteiger partial charge < -0.3 is 30.3 Å². The lowest BCUT2D eigenvalue weighted by molar-refractivity contribution is -0.172. The molecule has 10 heteroatoms. The lowest BCUT2D eigenvalue weighted by Gasteiger charge is -2.38. The maximum Gasteiger partial charge on any atom is 0.335 e. The zero-order valence-electron chi connectivity index (χ0n) is 27.4. The van der Waals surface area contributed by atoms with Crippen LogP contribution in [0, 0.1) is 35.5 Å². The fourth-order valence-corrected chi connectivity index (χ4v) is 7.56. The van der Waals surface area contributed by atoms with Gasteiger partial charge in [-0.05, 0) is 68.8 Å². The highest BCUT2D eigenvalue weighted by molar-refractivity contribution is 5.90. The van der Waals surface area contributed by atoms with E-state index in [4.69, 9.17) is 9.57 Å². The number of carboxylic acids is 1. The molecule has 4 rings (SSSR count). The van der Waals surface area contributed by atoms with Crippen LogP contribution in [-0.2, 0) is 19.2 Å². The van der Waals surface area contributed by atoms with Gasteiger partial charge in [-0.1, -0.05) is 39.0 Å². The van der Waals surface area contributed by atoms with E-state index in [9.17, 15) is 24.9 Å². The second kappa shape index (κ2) is 14.6. The molecule has 1 saturated carbocycles. The van der Waals surface area contributed by atoms with Crippen molar-refractivity contribution in [2.75, 3.05) is 34.4 Å². The molecule has 0 aromatic carbocycles. The fourth-order valence-electron chi connectivity index (χ4n) is 7.56. The maximum absolute atomic E-state index is 14.1. The molecule has 3 aliphatic carbocycles. The summed E-state index contributed by atoms with van der Waals surface area (Å²) in [4.78, 5) is 34.2. The van der Waals surface area contributed by atoms with E-state index in [1.807, 2.05) is 31.1 Å². The normalized spacial score (nSPS) is 33.6. The van der Waals surface area contributed by atoms with Gasteiger partial charge in [-0.25, -0.2) is 4.79 Å². The van der Waals surface area contributed by atoms with Crippen molar-refractivity contribution in [3.05, 3.63) is 46.9 Å². The molecule has 1 aliphatic heterocycles. The van der Waals surface area contributed by atoms with Gasteiger partial charge in [0.25, 0.3) is 0 Å². The minimum absolute atomic E-state index is 0.0292. The van der Waals surface area contributed by atoms with Gasteiger partial charge in [0.2, 0.25) is 5.91 Å². The number of rotatable bonds is 11. The van der Waals surface area contributed by atoms with Crippen LogP contribution in [0.25, 0.3) is 0 Å². The molecule has 9 atom stereocenters. The minimum Gasteiger partial charge on any atom is -0.500 e. The van der Waals surface area contributed by atoms with Crippen LogP contribution in [-0.4, -0.2) is 95.8 Å². The van der Waals surface area contributed by atoms with Crippen LogP contribution in [0.4, 0.5) is 0 Å². The van der Waals surface area contributed by atoms with E-state index < -0.39 is 30.1 Å². The average Bonchev–Trinajstić information content (AvgIpc) is 3.36. The first-order valence-corrected chi connectivity index (χ1v) is 16.1. The van der Waals surface area contributed by atoms with Gasteiger partial charge in [0, 0.05) is 43.2 Å². The SMILES string of the molecule is COC1=C(CN2O[C@@H](CO)[C@@H]([C@H](C)O)[C@H]2C(=O)N[C@H]2C[C@@H](C(C)C)CC[C@@H]2C)C=CCC1C1C=C(C(=O)O)C=C(N(C)C)C1. The summed E-state index contributed by atoms with van der Waals surface area (Å²) in [6.45, 7) is 8.17. The average molecular weight is 616 g/mol. The Labute approximate surface area is 262 Å². The molecule has 2 fully saturated rings. The Morgan fingerprint density at radius 2 is 1.95 bits per heavy atom. The topological polar surface area (TPSA) is 132 Å². The van der Waals surface area contributed by atoms with E-state index in [-0.39, 0.29) is 42.5 Å². The Hall–Kier alpha value is -2.66. The van der Waals surface area contributed by atoms with Gasteiger partial charge in [-0.15, -0.1) is 0 Å². The lowest BCUT2D eigenvalue weighted by atomic mass is 9.74. The molecular formula is C34H53N3O7. The summed E-state index contributed by atoms with van der Waals surface area (Å²) < 4.78 is 6.00. The van der Waals surface area contributed by atoms with Crippen molar-refractivity contribution in [3.63, 3.8) is 0 Å². The number of methoxy groups -OCH3 is 1. The molecule has 4 N–H and O–H groups in total. The first-order chi connectivity index (χ1) is 20.9. The molecular weight excluding hydrogens is 562 g/mol. The molecule has 0 aromatic heterocycles. The van der Waals surface area contributed by atoms with E-state index in [2.05, 4.69) is 32.2 Å². The molecule has 1 saturated heterocycles. The summed E-state index contributed by atoms with van der Waals surface area (Å²) in [5.41, 5.74) is 2.02. The highest BCUT2D eigenvalue weighted by Gasteiger charge is 2.50. The number of nitrogens with zero attached hydrogens (tertiary/aromatic N) is 2. The van der Waals surface area contributed by atoms with Crippen LogP contribution in [0.3, 0.4) is 0 Å². The van der Waals surface area contributed by atoms with Crippen molar-refractivity contribution in [2.24, 2.45) is 35.5 Å². The number of carbonyl (C=O) groups is 2. The molecule has 44 heavy (non-hydrogen) atoms. The van der Waals surface area contributed by atoms with Gasteiger partial charge in [-0.2, -0.15) is 5.06 Å². The monoisotopic (exact) mass is 615 g/mol. The highest BCUT2D eigenvalue weighted by atomic mass is 16.7. The molecule has 10 nitrogen and oxygen atoms in total. The minimum atomic E-state index is -0.964. The Kier molecular flexibility index (Phi) is 11.4. The Balaban J connectivity index is 1.62. The van der Waals surface area contributed by atoms with Crippen LogP contribution in [0.1, 0.15) is 59.8 Å². The van der Waals surface area contributed by atoms with Crippen LogP contribution in [0.15, 0.2) is 46.9 Å². The van der Waals surface area contributed by atoms with E-state index in [0.717, 1.165) is 36.3 Å². The molecule has 2 unspecified atom stereocenters. The molecule has 0 aromatic rings. The molecule has 0 spiro atoms. The second-order valence-corrected chi connectivity index (χ2v) is 13.7. The highest BCUT2D eigenvalue weighted by Crippen LogP contribution is 2.41. The number of carbonyl (C=O) groups excluding carboxylic acids is 1. The quantitative estimate of drug-likeness (QED) is 0.276. The molecule has 4 aliphatic rings. The predicted octanol–water partition coefficient (Wildman–Crippen LogP) is 3.49. The van der Waals surface area contributed by atoms with Crippen LogP contribution in [0.5, 0.6) is 0 Å². The number of allylic oxidation sites excluding steroid dienone is 4. The number of hydroxylamine groups is 2. The van der Waals surface area contributed by atoms with E-state index in [1.165, 1.54) is 0 Å². The zero-order valence-corrected chi connectivity index (χ0v) is 27.4.